The number of nitrogens with one attached hydrogen (secondary N) is 2. The highest BCUT2D eigenvalue weighted by Crippen LogP contribution is 2.35. The predicted molar refractivity (Wildman–Crippen MR) is 127 cm³/mol. The summed E-state index contributed by atoms with van der Waals surface area (Å²) in [7, 11) is 3.09. The molecule has 0 spiro atoms. The van der Waals surface area contributed by atoms with Gasteiger partial charge in [0.05, 0.1) is 25.9 Å². The summed E-state index contributed by atoms with van der Waals surface area (Å²) in [4.78, 5) is 27.3. The largest absolute Gasteiger partial charge is 0.497 e. The fourth-order valence-corrected chi connectivity index (χ4v) is 4.64. The Morgan fingerprint density at radius 3 is 2.73 bits per heavy atom. The Morgan fingerprint density at radius 1 is 1.12 bits per heavy atom. The number of amides is 3. The summed E-state index contributed by atoms with van der Waals surface area (Å²) >= 11 is 7.14. The summed E-state index contributed by atoms with van der Waals surface area (Å²) in [6, 6.07) is 11.5. The van der Waals surface area contributed by atoms with E-state index in [0.29, 0.717) is 39.4 Å². The maximum absolute atomic E-state index is 13.0. The zero-order valence-electron chi connectivity index (χ0n) is 18.0. The van der Waals surface area contributed by atoms with Crippen LogP contribution in [0.2, 0.25) is 5.02 Å². The highest BCUT2D eigenvalue weighted by atomic mass is 35.5. The number of rotatable bonds is 6. The fourth-order valence-electron chi connectivity index (χ4n) is 3.57. The zero-order chi connectivity index (χ0) is 23.4. The number of likely N-dealkylation sites (tertiary alicyclic amines) is 1. The number of urea groups is 1. The second-order valence-corrected chi connectivity index (χ2v) is 8.70. The summed E-state index contributed by atoms with van der Waals surface area (Å²) in [5.74, 6) is 0.744. The van der Waals surface area contributed by atoms with Crippen molar-refractivity contribution in [2.24, 2.45) is 0 Å². The second-order valence-electron chi connectivity index (χ2n) is 7.26. The average Bonchev–Trinajstić information content (AvgIpc) is 3.49. The molecule has 9 nitrogen and oxygen atoms in total. The molecule has 1 aliphatic rings. The number of hydrogen-bond acceptors (Lipinski definition) is 7. The number of carbonyl (C=O) groups is 2. The topological polar surface area (TPSA) is 106 Å². The van der Waals surface area contributed by atoms with Crippen LogP contribution in [0.15, 0.2) is 42.5 Å². The Hall–Kier alpha value is -3.37. The normalized spacial score (nSPS) is 15.2. The number of carbonyl (C=O) groups excluding carboxylic acids is 2. The lowest BCUT2D eigenvalue weighted by Gasteiger charge is -2.23. The molecule has 0 radical (unpaired) electrons. The van der Waals surface area contributed by atoms with Crippen LogP contribution in [0.25, 0.3) is 0 Å². The first-order chi connectivity index (χ1) is 16.0. The van der Waals surface area contributed by atoms with E-state index < -0.39 is 0 Å². The molecule has 11 heteroatoms. The Kier molecular flexibility index (Phi) is 6.95. The molecule has 33 heavy (non-hydrogen) atoms. The van der Waals surface area contributed by atoms with Crippen LogP contribution >= 0.6 is 22.9 Å². The van der Waals surface area contributed by atoms with Crippen molar-refractivity contribution >= 4 is 46.3 Å². The number of nitrogens with zero attached hydrogens (tertiary/aromatic N) is 3. The Morgan fingerprint density at radius 2 is 1.97 bits per heavy atom. The summed E-state index contributed by atoms with van der Waals surface area (Å²) in [6.45, 7) is 0.568. The molecule has 1 aliphatic heterocycles. The zero-order valence-corrected chi connectivity index (χ0v) is 19.6. The number of hydrogen-bond donors (Lipinski definition) is 2. The van der Waals surface area contributed by atoms with Gasteiger partial charge in [-0.05, 0) is 43.2 Å². The standard InChI is InChI=1S/C22H22ClN5O4S/c1-31-15-8-9-16(18(12-15)32-2)25-22(30)28-10-4-7-17(28)20-26-27-21(33-20)19(29)24-14-6-3-5-13(23)11-14/h3,5-6,8-9,11-12,17H,4,7,10H2,1-2H3,(H,24,29)(H,25,30)/t17-/m1/s1. The predicted octanol–water partition coefficient (Wildman–Crippen LogP) is 4.83. The third kappa shape index (κ3) is 5.18. The van der Waals surface area contributed by atoms with Crippen LogP contribution in [0.4, 0.5) is 16.2 Å². The summed E-state index contributed by atoms with van der Waals surface area (Å²) < 4.78 is 10.6. The third-order valence-corrected chi connectivity index (χ3v) is 6.42. The molecule has 0 unspecified atom stereocenters. The minimum Gasteiger partial charge on any atom is -0.497 e. The highest BCUT2D eigenvalue weighted by Gasteiger charge is 2.33. The summed E-state index contributed by atoms with van der Waals surface area (Å²) in [5, 5.41) is 15.2. The van der Waals surface area contributed by atoms with Gasteiger partial charge in [0.25, 0.3) is 5.91 Å². The molecule has 0 aliphatic carbocycles. The lowest BCUT2D eigenvalue weighted by Crippen LogP contribution is -2.34. The van der Waals surface area contributed by atoms with Gasteiger partial charge < -0.3 is 25.0 Å². The molecule has 3 aromatic rings. The number of ether oxygens (including phenoxy) is 2. The molecule has 0 bridgehead atoms. The molecule has 3 amide bonds. The number of anilines is 2. The molecule has 2 heterocycles. The number of aromatic nitrogens is 2. The smallest absolute Gasteiger partial charge is 0.322 e. The van der Waals surface area contributed by atoms with Crippen molar-refractivity contribution in [3.05, 3.63) is 57.5 Å². The van der Waals surface area contributed by atoms with Gasteiger partial charge in [0.15, 0.2) is 0 Å². The maximum Gasteiger partial charge on any atom is 0.322 e. The van der Waals surface area contributed by atoms with Gasteiger partial charge in [-0.3, -0.25) is 4.79 Å². The number of halogens is 1. The van der Waals surface area contributed by atoms with Gasteiger partial charge in [0.2, 0.25) is 5.01 Å². The molecule has 1 atom stereocenters. The van der Waals surface area contributed by atoms with Crippen LogP contribution in [-0.4, -0.2) is 47.8 Å². The highest BCUT2D eigenvalue weighted by molar-refractivity contribution is 7.13. The Labute approximate surface area is 199 Å². The minimum atomic E-state index is -0.377. The average molecular weight is 488 g/mol. The summed E-state index contributed by atoms with van der Waals surface area (Å²) in [5.41, 5.74) is 1.10. The monoisotopic (exact) mass is 487 g/mol. The van der Waals surface area contributed by atoms with Crippen LogP contribution in [0.5, 0.6) is 11.5 Å². The first kappa shape index (κ1) is 22.8. The Bertz CT molecular complexity index is 1170. The van der Waals surface area contributed by atoms with Crippen LogP contribution in [0.1, 0.15) is 33.7 Å². The van der Waals surface area contributed by atoms with Gasteiger partial charge in [0, 0.05) is 23.3 Å². The van der Waals surface area contributed by atoms with Crippen LogP contribution in [-0.2, 0) is 0 Å². The lowest BCUT2D eigenvalue weighted by atomic mass is 10.2. The van der Waals surface area contributed by atoms with Gasteiger partial charge >= 0.3 is 6.03 Å². The lowest BCUT2D eigenvalue weighted by molar-refractivity contribution is 0.102. The molecule has 0 saturated carbocycles. The molecule has 1 fully saturated rings. The van der Waals surface area contributed by atoms with E-state index in [1.54, 1.807) is 54.5 Å². The number of benzene rings is 2. The van der Waals surface area contributed by atoms with Gasteiger partial charge in [0.1, 0.15) is 16.5 Å². The van der Waals surface area contributed by atoms with Gasteiger partial charge in [-0.25, -0.2) is 4.79 Å². The van der Waals surface area contributed by atoms with Gasteiger partial charge in [-0.2, -0.15) is 0 Å². The van der Waals surface area contributed by atoms with E-state index in [9.17, 15) is 9.59 Å². The molecule has 4 rings (SSSR count). The first-order valence-electron chi connectivity index (χ1n) is 10.2. The van der Waals surface area contributed by atoms with Crippen molar-refractivity contribution in [3.8, 4) is 11.5 Å². The summed E-state index contributed by atoms with van der Waals surface area (Å²) in [6.07, 6.45) is 1.55. The van der Waals surface area contributed by atoms with Gasteiger partial charge in [-0.1, -0.05) is 29.0 Å². The quantitative estimate of drug-likeness (QED) is 0.516. The third-order valence-electron chi connectivity index (χ3n) is 5.17. The van der Waals surface area contributed by atoms with Crippen molar-refractivity contribution < 1.29 is 19.1 Å². The van der Waals surface area contributed by atoms with Crippen molar-refractivity contribution in [1.82, 2.24) is 15.1 Å². The van der Waals surface area contributed by atoms with E-state index in [1.165, 1.54) is 18.4 Å². The fraction of sp³-hybridized carbons (Fsp3) is 0.273. The Balaban J connectivity index is 1.46. The second kappa shape index (κ2) is 10.1. The molecule has 2 N–H and O–H groups in total. The van der Waals surface area contributed by atoms with Crippen LogP contribution in [0.3, 0.4) is 0 Å². The molecular formula is C22H22ClN5O4S. The molecule has 2 aromatic carbocycles. The molecular weight excluding hydrogens is 466 g/mol. The van der Waals surface area contributed by atoms with Crippen molar-refractivity contribution in [2.45, 2.75) is 18.9 Å². The van der Waals surface area contributed by atoms with E-state index in [2.05, 4.69) is 20.8 Å². The van der Waals surface area contributed by atoms with Crippen molar-refractivity contribution in [1.29, 1.82) is 0 Å². The minimum absolute atomic E-state index is 0.217. The van der Waals surface area contributed by atoms with E-state index in [4.69, 9.17) is 21.1 Å². The SMILES string of the molecule is COc1ccc(NC(=O)N2CCC[C@@H]2c2nnc(C(=O)Nc3cccc(Cl)c3)s2)c(OC)c1. The molecule has 1 aromatic heterocycles. The first-order valence-corrected chi connectivity index (χ1v) is 11.4. The van der Waals surface area contributed by atoms with E-state index in [-0.39, 0.29) is 23.0 Å². The van der Waals surface area contributed by atoms with E-state index >= 15 is 0 Å². The van der Waals surface area contributed by atoms with E-state index in [1.807, 2.05) is 0 Å². The number of methoxy groups -OCH3 is 2. The van der Waals surface area contributed by atoms with Crippen molar-refractivity contribution in [2.75, 3.05) is 31.4 Å². The van der Waals surface area contributed by atoms with Crippen LogP contribution < -0.4 is 20.1 Å². The molecule has 1 saturated heterocycles. The van der Waals surface area contributed by atoms with Crippen LogP contribution in [0, 0.1) is 0 Å². The molecule has 172 valence electrons. The van der Waals surface area contributed by atoms with E-state index in [0.717, 1.165) is 12.8 Å². The van der Waals surface area contributed by atoms with Gasteiger partial charge in [-0.15, -0.1) is 10.2 Å². The van der Waals surface area contributed by atoms with Crippen molar-refractivity contribution in [3.63, 3.8) is 0 Å². The maximum atomic E-state index is 13.0.